The number of nitrogens with one attached hydrogen (secondary N) is 1. The summed E-state index contributed by atoms with van der Waals surface area (Å²) in [6.45, 7) is 0.141. The van der Waals surface area contributed by atoms with E-state index in [-0.39, 0.29) is 33.5 Å². The number of para-hydroxylation sites is 1. The lowest BCUT2D eigenvalue weighted by Crippen LogP contribution is -2.27. The quantitative estimate of drug-likeness (QED) is 0.230. The van der Waals surface area contributed by atoms with Crippen molar-refractivity contribution in [3.05, 3.63) is 106 Å². The van der Waals surface area contributed by atoms with Crippen LogP contribution >= 0.6 is 23.2 Å². The maximum Gasteiger partial charge on any atom is 0.261 e. The molecule has 8 nitrogen and oxygen atoms in total. The molecular formula is C28H24Cl2N2O6S. The van der Waals surface area contributed by atoms with Gasteiger partial charge in [0.2, 0.25) is 0 Å². The number of amides is 1. The number of aromatic hydroxyl groups is 1. The molecule has 11 heteroatoms. The largest absolute Gasteiger partial charge is 0.504 e. The third-order valence-electron chi connectivity index (χ3n) is 5.66. The van der Waals surface area contributed by atoms with Gasteiger partial charge in [-0.15, -0.1) is 0 Å². The Labute approximate surface area is 236 Å². The molecule has 0 unspecified atom stereocenters. The minimum absolute atomic E-state index is 0.0376. The summed E-state index contributed by atoms with van der Waals surface area (Å²) < 4.78 is 39.6. The molecule has 4 aromatic carbocycles. The molecular weight excluding hydrogens is 563 g/mol. The van der Waals surface area contributed by atoms with E-state index in [2.05, 4.69) is 4.72 Å². The molecule has 4 rings (SSSR count). The number of ether oxygens (including phenoxy) is 2. The fourth-order valence-electron chi connectivity index (χ4n) is 3.71. The molecule has 0 aromatic heterocycles. The zero-order valence-corrected chi connectivity index (χ0v) is 23.2. The summed E-state index contributed by atoms with van der Waals surface area (Å²) in [5.41, 5.74) is 0.766. The number of hydrogen-bond donors (Lipinski definition) is 2. The van der Waals surface area contributed by atoms with E-state index < -0.39 is 15.9 Å². The molecule has 0 radical (unpaired) electrons. The van der Waals surface area contributed by atoms with Crippen molar-refractivity contribution in [1.29, 1.82) is 0 Å². The van der Waals surface area contributed by atoms with E-state index in [1.807, 2.05) is 0 Å². The molecule has 0 fully saturated rings. The van der Waals surface area contributed by atoms with Crippen molar-refractivity contribution in [2.45, 2.75) is 11.4 Å². The van der Waals surface area contributed by atoms with Crippen LogP contribution in [0.15, 0.2) is 89.8 Å². The first-order valence-electron chi connectivity index (χ1n) is 11.5. The van der Waals surface area contributed by atoms with Crippen molar-refractivity contribution < 1.29 is 27.8 Å². The molecule has 0 bridgehead atoms. The lowest BCUT2D eigenvalue weighted by atomic mass is 10.1. The van der Waals surface area contributed by atoms with Crippen LogP contribution in [0.2, 0.25) is 10.0 Å². The SMILES string of the molecule is COc1ccc(CN(C)C(=O)c2cc(Cl)ccc2NS(=O)(=O)c2ccc(Oc3ccccc3Cl)cc2)cc1O. The third-order valence-corrected chi connectivity index (χ3v) is 7.59. The molecule has 0 spiro atoms. The van der Waals surface area contributed by atoms with Crippen LogP contribution in [0, 0.1) is 0 Å². The van der Waals surface area contributed by atoms with Gasteiger partial charge in [0.05, 0.1) is 28.3 Å². The van der Waals surface area contributed by atoms with Crippen LogP contribution in [-0.4, -0.2) is 38.5 Å². The van der Waals surface area contributed by atoms with E-state index in [4.69, 9.17) is 32.7 Å². The molecule has 0 saturated carbocycles. The highest BCUT2D eigenvalue weighted by atomic mass is 35.5. The number of hydrogen-bond acceptors (Lipinski definition) is 6. The van der Waals surface area contributed by atoms with Crippen molar-refractivity contribution >= 4 is 44.8 Å². The molecule has 39 heavy (non-hydrogen) atoms. The number of halogens is 2. The fourth-order valence-corrected chi connectivity index (χ4v) is 5.14. The van der Waals surface area contributed by atoms with Crippen LogP contribution in [0.25, 0.3) is 0 Å². The number of benzene rings is 4. The van der Waals surface area contributed by atoms with Gasteiger partial charge in [-0.3, -0.25) is 9.52 Å². The number of sulfonamides is 1. The van der Waals surface area contributed by atoms with Crippen LogP contribution in [0.4, 0.5) is 5.69 Å². The lowest BCUT2D eigenvalue weighted by molar-refractivity contribution is 0.0786. The number of nitrogens with zero attached hydrogens (tertiary/aromatic N) is 1. The number of phenolic OH excluding ortho intramolecular Hbond substituents is 1. The summed E-state index contributed by atoms with van der Waals surface area (Å²) in [5, 5.41) is 10.7. The first kappa shape index (κ1) is 28.1. The predicted molar refractivity (Wildman–Crippen MR) is 151 cm³/mol. The van der Waals surface area contributed by atoms with Gasteiger partial charge in [0.15, 0.2) is 11.5 Å². The van der Waals surface area contributed by atoms with Crippen LogP contribution in [-0.2, 0) is 16.6 Å². The van der Waals surface area contributed by atoms with Crippen LogP contribution in [0.3, 0.4) is 0 Å². The summed E-state index contributed by atoms with van der Waals surface area (Å²) in [5.74, 6) is 0.605. The van der Waals surface area contributed by atoms with Gasteiger partial charge in [0, 0.05) is 18.6 Å². The van der Waals surface area contributed by atoms with Gasteiger partial charge in [-0.25, -0.2) is 8.42 Å². The Morgan fingerprint density at radius 3 is 2.33 bits per heavy atom. The van der Waals surface area contributed by atoms with Crippen molar-refractivity contribution in [2.75, 3.05) is 18.9 Å². The van der Waals surface area contributed by atoms with Crippen molar-refractivity contribution in [3.63, 3.8) is 0 Å². The Balaban J connectivity index is 1.53. The Kier molecular flexibility index (Phi) is 8.54. The monoisotopic (exact) mass is 586 g/mol. The van der Waals surface area contributed by atoms with Crippen molar-refractivity contribution in [1.82, 2.24) is 4.90 Å². The summed E-state index contributed by atoms with van der Waals surface area (Å²) in [7, 11) is -1.07. The number of carbonyl (C=O) groups excluding carboxylic acids is 1. The second-order valence-corrected chi connectivity index (χ2v) is 11.0. The van der Waals surface area contributed by atoms with Crippen LogP contribution in [0.1, 0.15) is 15.9 Å². The van der Waals surface area contributed by atoms with Crippen molar-refractivity contribution in [3.8, 4) is 23.0 Å². The van der Waals surface area contributed by atoms with E-state index in [1.165, 1.54) is 60.5 Å². The number of phenols is 1. The highest BCUT2D eigenvalue weighted by Gasteiger charge is 2.22. The molecule has 0 aliphatic rings. The molecule has 202 valence electrons. The highest BCUT2D eigenvalue weighted by molar-refractivity contribution is 7.92. The van der Waals surface area contributed by atoms with Gasteiger partial charge < -0.3 is 19.5 Å². The second kappa shape index (κ2) is 11.9. The van der Waals surface area contributed by atoms with Crippen LogP contribution in [0.5, 0.6) is 23.0 Å². The van der Waals surface area contributed by atoms with Gasteiger partial charge in [-0.2, -0.15) is 0 Å². The van der Waals surface area contributed by atoms with E-state index in [1.54, 1.807) is 43.4 Å². The Bertz CT molecular complexity index is 1610. The Morgan fingerprint density at radius 1 is 0.949 bits per heavy atom. The molecule has 0 heterocycles. The summed E-state index contributed by atoms with van der Waals surface area (Å²) >= 11 is 12.3. The predicted octanol–water partition coefficient (Wildman–Crippen LogP) is 6.57. The topological polar surface area (TPSA) is 105 Å². The zero-order valence-electron chi connectivity index (χ0n) is 20.9. The number of methoxy groups -OCH3 is 1. The third kappa shape index (κ3) is 6.75. The first-order valence-corrected chi connectivity index (χ1v) is 13.8. The molecule has 4 aromatic rings. The van der Waals surface area contributed by atoms with Gasteiger partial charge in [-0.1, -0.05) is 41.4 Å². The fraction of sp³-hybridized carbons (Fsp3) is 0.107. The normalized spacial score (nSPS) is 11.1. The number of carbonyl (C=O) groups is 1. The Hall–Kier alpha value is -3.92. The van der Waals surface area contributed by atoms with Gasteiger partial charge in [0.25, 0.3) is 15.9 Å². The zero-order chi connectivity index (χ0) is 28.2. The smallest absolute Gasteiger partial charge is 0.261 e. The summed E-state index contributed by atoms with van der Waals surface area (Å²) in [6, 6.07) is 21.8. The van der Waals surface area contributed by atoms with E-state index in [0.29, 0.717) is 27.8 Å². The van der Waals surface area contributed by atoms with E-state index >= 15 is 0 Å². The maximum atomic E-state index is 13.3. The average molecular weight is 587 g/mol. The van der Waals surface area contributed by atoms with Gasteiger partial charge in [0.1, 0.15) is 11.5 Å². The standard InChI is InChI=1S/C28H24Cl2N2O6S/c1-32(17-18-7-14-27(37-2)25(33)15-18)28(34)22-16-19(29)8-13-24(22)31-39(35,36)21-11-9-20(10-12-21)38-26-6-4-3-5-23(26)30/h3-16,31,33H,17H2,1-2H3. The minimum Gasteiger partial charge on any atom is -0.504 e. The molecule has 0 aliphatic heterocycles. The van der Waals surface area contributed by atoms with E-state index in [9.17, 15) is 18.3 Å². The lowest BCUT2D eigenvalue weighted by Gasteiger charge is -2.20. The van der Waals surface area contributed by atoms with Gasteiger partial charge >= 0.3 is 0 Å². The number of rotatable bonds is 9. The number of anilines is 1. The first-order chi connectivity index (χ1) is 18.6. The molecule has 0 saturated heterocycles. The summed E-state index contributed by atoms with van der Waals surface area (Å²) in [4.78, 5) is 14.7. The summed E-state index contributed by atoms with van der Waals surface area (Å²) in [6.07, 6.45) is 0. The minimum atomic E-state index is -4.07. The molecule has 1 amide bonds. The van der Waals surface area contributed by atoms with Crippen molar-refractivity contribution in [2.24, 2.45) is 0 Å². The molecule has 0 atom stereocenters. The van der Waals surface area contributed by atoms with Gasteiger partial charge in [-0.05, 0) is 72.3 Å². The average Bonchev–Trinajstić information content (AvgIpc) is 2.91. The second-order valence-electron chi connectivity index (χ2n) is 8.47. The Morgan fingerprint density at radius 2 is 1.67 bits per heavy atom. The maximum absolute atomic E-state index is 13.3. The molecule has 0 aliphatic carbocycles. The van der Waals surface area contributed by atoms with E-state index in [0.717, 1.165) is 0 Å². The molecule has 2 N–H and O–H groups in total. The van der Waals surface area contributed by atoms with Crippen LogP contribution < -0.4 is 14.2 Å². The highest BCUT2D eigenvalue weighted by Crippen LogP contribution is 2.31.